The Kier molecular flexibility index (Phi) is 9.83. The molecule has 0 aromatic carbocycles. The third-order valence-corrected chi connectivity index (χ3v) is 8.91. The van der Waals surface area contributed by atoms with Crippen LogP contribution in [-0.2, 0) is 24.5 Å². The van der Waals surface area contributed by atoms with Crippen molar-refractivity contribution in [3.8, 4) is 0 Å². The van der Waals surface area contributed by atoms with Gasteiger partial charge in [-0.3, -0.25) is 4.79 Å². The van der Waals surface area contributed by atoms with Gasteiger partial charge in [-0.2, -0.15) is 0 Å². The molecule has 1 aromatic heterocycles. The summed E-state index contributed by atoms with van der Waals surface area (Å²) in [5, 5.41) is 9.34. The van der Waals surface area contributed by atoms with E-state index in [1.807, 2.05) is 18.2 Å². The maximum absolute atomic E-state index is 11.9. The summed E-state index contributed by atoms with van der Waals surface area (Å²) in [6, 6.07) is 5.58. The quantitative estimate of drug-likeness (QED) is 0.372. The van der Waals surface area contributed by atoms with Crippen LogP contribution in [0.3, 0.4) is 0 Å². The van der Waals surface area contributed by atoms with Gasteiger partial charge in [0.2, 0.25) is 0 Å². The van der Waals surface area contributed by atoms with Crippen molar-refractivity contribution in [2.75, 3.05) is 28.8 Å². The Balaban J connectivity index is 2.19. The van der Waals surface area contributed by atoms with Crippen LogP contribution in [0.25, 0.3) is 0 Å². The topological polar surface area (TPSA) is 118 Å². The normalized spacial score (nSPS) is 12.2. The largest absolute Gasteiger partial charge is 0.481 e. The molecule has 0 radical (unpaired) electrons. The summed E-state index contributed by atoms with van der Waals surface area (Å²) in [7, 11) is -3.81. The molecule has 0 saturated heterocycles. The third kappa shape index (κ3) is 11.4. The van der Waals surface area contributed by atoms with Gasteiger partial charge in [-0.25, -0.2) is 21.8 Å². The van der Waals surface area contributed by atoms with Gasteiger partial charge in [-0.15, -0.1) is 0 Å². The number of rotatable bonds is 13. The monoisotopic (exact) mass is 427 g/mol. The second kappa shape index (κ2) is 11.0. The van der Waals surface area contributed by atoms with E-state index in [1.54, 1.807) is 6.20 Å². The molecule has 1 rings (SSSR count). The van der Waals surface area contributed by atoms with E-state index in [4.69, 9.17) is 5.11 Å². The predicted octanol–water partition coefficient (Wildman–Crippen LogP) is 1.91. The fourth-order valence-corrected chi connectivity index (χ4v) is 6.76. The molecule has 0 aliphatic rings. The second-order valence-corrected chi connectivity index (χ2v) is 12.3. The van der Waals surface area contributed by atoms with Crippen LogP contribution in [0.1, 0.15) is 19.3 Å². The molecule has 0 fully saturated rings. The number of hydrogen-bond donors (Lipinski definition) is 1. The van der Waals surface area contributed by atoms with Crippen LogP contribution in [-0.4, -0.2) is 61.7 Å². The van der Waals surface area contributed by atoms with Gasteiger partial charge >= 0.3 is 5.97 Å². The third-order valence-electron chi connectivity index (χ3n) is 3.00. The van der Waals surface area contributed by atoms with E-state index in [1.165, 1.54) is 21.6 Å². The summed E-state index contributed by atoms with van der Waals surface area (Å²) in [5.41, 5.74) is 0. The first kappa shape index (κ1) is 22.3. The highest BCUT2D eigenvalue weighted by atomic mass is 33.1. The molecule has 0 aliphatic heterocycles. The lowest BCUT2D eigenvalue weighted by Crippen LogP contribution is -2.18. The molecule has 0 bridgehead atoms. The van der Waals surface area contributed by atoms with Crippen molar-refractivity contribution >= 4 is 47.2 Å². The Hall–Kier alpha value is -0.780. The second-order valence-electron chi connectivity index (χ2n) is 5.23. The maximum atomic E-state index is 11.9. The first-order chi connectivity index (χ1) is 11.7. The van der Waals surface area contributed by atoms with Gasteiger partial charge in [0.15, 0.2) is 9.84 Å². The summed E-state index contributed by atoms with van der Waals surface area (Å²) >= 11 is 0. The van der Waals surface area contributed by atoms with Gasteiger partial charge in [0, 0.05) is 11.9 Å². The molecule has 11 heteroatoms. The molecule has 142 valence electrons. The van der Waals surface area contributed by atoms with Crippen LogP contribution < -0.4 is 0 Å². The molecule has 25 heavy (non-hydrogen) atoms. The molecule has 0 aliphatic carbocycles. The van der Waals surface area contributed by atoms with Crippen molar-refractivity contribution in [3.63, 3.8) is 0 Å². The molecule has 7 nitrogen and oxygen atoms in total. The number of aromatic nitrogens is 1. The summed E-state index contributed by atoms with van der Waals surface area (Å²) in [6.45, 7) is 0. The van der Waals surface area contributed by atoms with Crippen LogP contribution >= 0.6 is 21.6 Å². The zero-order valence-corrected chi connectivity index (χ0v) is 16.8. The summed E-state index contributed by atoms with van der Waals surface area (Å²) in [5.74, 6) is -1.47. The van der Waals surface area contributed by atoms with Crippen LogP contribution in [0.5, 0.6) is 0 Å². The minimum atomic E-state index is -3.52. The fourth-order valence-electron chi connectivity index (χ4n) is 1.78. The van der Waals surface area contributed by atoms with E-state index in [9.17, 15) is 21.6 Å². The van der Waals surface area contributed by atoms with E-state index in [0.717, 1.165) is 5.03 Å². The van der Waals surface area contributed by atoms with Gasteiger partial charge in [0.25, 0.3) is 0 Å². The first-order valence-corrected chi connectivity index (χ1v) is 13.5. The number of hydrogen-bond acceptors (Lipinski definition) is 8. The SMILES string of the molecule is O=C(O)CCS(=O)(=O)CCCS(=O)(=O)CCCSSc1ccccn1. The molecule has 0 saturated carbocycles. The van der Waals surface area contributed by atoms with Gasteiger partial charge in [-0.05, 0) is 35.8 Å². The molecule has 1 heterocycles. The van der Waals surface area contributed by atoms with E-state index in [2.05, 4.69) is 4.98 Å². The van der Waals surface area contributed by atoms with Crippen LogP contribution in [0.4, 0.5) is 0 Å². The van der Waals surface area contributed by atoms with Crippen LogP contribution in [0.15, 0.2) is 29.4 Å². The Bertz CT molecular complexity index is 734. The van der Waals surface area contributed by atoms with E-state index >= 15 is 0 Å². The van der Waals surface area contributed by atoms with E-state index in [0.29, 0.717) is 12.2 Å². The summed E-state index contributed by atoms with van der Waals surface area (Å²) < 4.78 is 47.0. The zero-order chi connectivity index (χ0) is 18.8. The number of sulfone groups is 2. The molecule has 1 aromatic rings. The number of pyridine rings is 1. The zero-order valence-electron chi connectivity index (χ0n) is 13.5. The molecule has 1 N–H and O–H groups in total. The van der Waals surface area contributed by atoms with Crippen molar-refractivity contribution in [1.82, 2.24) is 4.98 Å². The van der Waals surface area contributed by atoms with Gasteiger partial charge in [-0.1, -0.05) is 16.9 Å². The maximum Gasteiger partial charge on any atom is 0.304 e. The van der Waals surface area contributed by atoms with Crippen molar-refractivity contribution in [2.45, 2.75) is 24.3 Å². The lowest BCUT2D eigenvalue weighted by molar-refractivity contribution is -0.136. The van der Waals surface area contributed by atoms with Crippen LogP contribution in [0, 0.1) is 0 Å². The fraction of sp³-hybridized carbons (Fsp3) is 0.571. The summed E-state index contributed by atoms with van der Waals surface area (Å²) in [4.78, 5) is 14.5. The van der Waals surface area contributed by atoms with E-state index < -0.39 is 37.8 Å². The molecule has 0 amide bonds. The lowest BCUT2D eigenvalue weighted by Gasteiger charge is -2.05. The lowest BCUT2D eigenvalue weighted by atomic mass is 10.5. The first-order valence-electron chi connectivity index (χ1n) is 7.53. The minimum absolute atomic E-state index is 0.000113. The molecule has 0 spiro atoms. The molecular formula is C14H21NO6S4. The number of carboxylic acid groups (broad SMARTS) is 1. The highest BCUT2D eigenvalue weighted by molar-refractivity contribution is 8.76. The number of aliphatic carboxylic acids is 1. The minimum Gasteiger partial charge on any atom is -0.481 e. The highest BCUT2D eigenvalue weighted by Crippen LogP contribution is 2.29. The van der Waals surface area contributed by atoms with Gasteiger partial charge in [0.1, 0.15) is 14.9 Å². The number of carbonyl (C=O) groups is 1. The Morgan fingerprint density at radius 1 is 1.00 bits per heavy atom. The molecule has 0 unspecified atom stereocenters. The van der Waals surface area contributed by atoms with Crippen molar-refractivity contribution < 1.29 is 26.7 Å². The van der Waals surface area contributed by atoms with Gasteiger partial charge in [0.05, 0.1) is 29.4 Å². The van der Waals surface area contributed by atoms with E-state index in [-0.39, 0.29) is 23.7 Å². The van der Waals surface area contributed by atoms with Crippen LogP contribution in [0.2, 0.25) is 0 Å². The number of nitrogens with zero attached hydrogens (tertiary/aromatic N) is 1. The molecule has 0 atom stereocenters. The predicted molar refractivity (Wildman–Crippen MR) is 101 cm³/mol. The Labute approximate surface area is 156 Å². The van der Waals surface area contributed by atoms with Crippen molar-refractivity contribution in [3.05, 3.63) is 24.4 Å². The smallest absolute Gasteiger partial charge is 0.304 e. The van der Waals surface area contributed by atoms with Crippen molar-refractivity contribution in [2.24, 2.45) is 0 Å². The highest BCUT2D eigenvalue weighted by Gasteiger charge is 2.16. The average molecular weight is 428 g/mol. The average Bonchev–Trinajstić information content (AvgIpc) is 2.53. The summed E-state index contributed by atoms with van der Waals surface area (Å²) in [6.07, 6.45) is 1.72. The molecular weight excluding hydrogens is 406 g/mol. The number of carboxylic acids is 1. The Morgan fingerprint density at radius 3 is 2.24 bits per heavy atom. The van der Waals surface area contributed by atoms with Crippen molar-refractivity contribution in [1.29, 1.82) is 0 Å². The standard InChI is InChI=1S/C14H21NO6S4/c16-14(17)6-12-25(20,21)11-4-10-24(18,19)9-3-8-22-23-13-5-1-2-7-15-13/h1-2,5,7H,3-4,6,8-12H2,(H,16,17). The Morgan fingerprint density at radius 2 is 1.64 bits per heavy atom. The van der Waals surface area contributed by atoms with Gasteiger partial charge < -0.3 is 5.11 Å².